The van der Waals surface area contributed by atoms with Crippen LogP contribution in [0.15, 0.2) is 36.1 Å². The van der Waals surface area contributed by atoms with E-state index in [0.29, 0.717) is 6.54 Å². The molecule has 4 nitrogen and oxygen atoms in total. The number of ketones is 1. The maximum Gasteiger partial charge on any atom is 0.262 e. The standard InChI is InChI=1S/C16H23NO3/c1-3-5-6-7-8-9-10-13(18)15-14(19)12-17(11-4-2)16(15)20/h4,9-10,18H,2-3,5-8,11-12H2,1H3. The van der Waals surface area contributed by atoms with E-state index in [9.17, 15) is 14.7 Å². The average molecular weight is 277 g/mol. The van der Waals surface area contributed by atoms with Crippen LogP contribution in [0.5, 0.6) is 0 Å². The maximum atomic E-state index is 11.9. The van der Waals surface area contributed by atoms with E-state index in [-0.39, 0.29) is 23.7 Å². The predicted molar refractivity (Wildman–Crippen MR) is 79.3 cm³/mol. The summed E-state index contributed by atoms with van der Waals surface area (Å²) in [5, 5.41) is 9.88. The summed E-state index contributed by atoms with van der Waals surface area (Å²) < 4.78 is 0. The predicted octanol–water partition coefficient (Wildman–Crippen LogP) is 2.92. The largest absolute Gasteiger partial charge is 0.507 e. The van der Waals surface area contributed by atoms with Crippen LogP contribution < -0.4 is 0 Å². The number of rotatable bonds is 8. The van der Waals surface area contributed by atoms with Gasteiger partial charge in [-0.3, -0.25) is 9.59 Å². The van der Waals surface area contributed by atoms with Crippen molar-refractivity contribution >= 4 is 11.7 Å². The smallest absolute Gasteiger partial charge is 0.262 e. The molecule has 0 aromatic heterocycles. The minimum Gasteiger partial charge on any atom is -0.507 e. The molecule has 0 aromatic rings. The van der Waals surface area contributed by atoms with E-state index in [4.69, 9.17) is 0 Å². The van der Waals surface area contributed by atoms with Crippen molar-refractivity contribution in [1.82, 2.24) is 4.90 Å². The van der Waals surface area contributed by atoms with E-state index in [1.165, 1.54) is 23.8 Å². The minimum absolute atomic E-state index is 0.0224. The highest BCUT2D eigenvalue weighted by Crippen LogP contribution is 2.17. The highest BCUT2D eigenvalue weighted by molar-refractivity contribution is 6.25. The molecule has 0 unspecified atom stereocenters. The molecule has 1 aliphatic heterocycles. The van der Waals surface area contributed by atoms with Gasteiger partial charge in [-0.05, 0) is 18.9 Å². The van der Waals surface area contributed by atoms with Crippen LogP contribution in [0, 0.1) is 0 Å². The molecule has 0 bridgehead atoms. The Balaban J connectivity index is 2.60. The summed E-state index contributed by atoms with van der Waals surface area (Å²) in [5.41, 5.74) is -0.100. The molecule has 1 heterocycles. The van der Waals surface area contributed by atoms with Gasteiger partial charge >= 0.3 is 0 Å². The fourth-order valence-corrected chi connectivity index (χ4v) is 2.12. The van der Waals surface area contributed by atoms with Gasteiger partial charge in [-0.15, -0.1) is 6.58 Å². The van der Waals surface area contributed by atoms with Gasteiger partial charge in [0.25, 0.3) is 5.91 Å². The van der Waals surface area contributed by atoms with Crippen LogP contribution in [0.1, 0.15) is 39.0 Å². The van der Waals surface area contributed by atoms with Crippen molar-refractivity contribution in [3.8, 4) is 0 Å². The molecule has 1 saturated heterocycles. The topological polar surface area (TPSA) is 57.6 Å². The van der Waals surface area contributed by atoms with Gasteiger partial charge < -0.3 is 10.0 Å². The Labute approximate surface area is 120 Å². The molecule has 1 amide bonds. The molecular weight excluding hydrogens is 254 g/mol. The number of nitrogens with zero attached hydrogens (tertiary/aromatic N) is 1. The average Bonchev–Trinajstić information content (AvgIpc) is 2.69. The number of unbranched alkanes of at least 4 members (excludes halogenated alkanes) is 4. The number of aliphatic hydroxyl groups is 1. The fraction of sp³-hybridized carbons (Fsp3) is 0.500. The Morgan fingerprint density at radius 1 is 1.35 bits per heavy atom. The van der Waals surface area contributed by atoms with Gasteiger partial charge in [0.1, 0.15) is 11.3 Å². The van der Waals surface area contributed by atoms with Crippen LogP contribution in [-0.4, -0.2) is 34.8 Å². The van der Waals surface area contributed by atoms with Crippen molar-refractivity contribution in [2.45, 2.75) is 39.0 Å². The second-order valence-electron chi connectivity index (χ2n) is 4.91. The number of hydrogen-bond acceptors (Lipinski definition) is 3. The van der Waals surface area contributed by atoms with Crippen LogP contribution >= 0.6 is 0 Å². The normalized spacial score (nSPS) is 18.1. The Kier molecular flexibility index (Phi) is 6.77. The van der Waals surface area contributed by atoms with E-state index in [1.54, 1.807) is 6.08 Å². The third kappa shape index (κ3) is 4.37. The van der Waals surface area contributed by atoms with Gasteiger partial charge in [0, 0.05) is 6.54 Å². The molecule has 0 aromatic carbocycles. The third-order valence-electron chi connectivity index (χ3n) is 3.22. The van der Waals surface area contributed by atoms with Gasteiger partial charge in [-0.2, -0.15) is 0 Å². The molecule has 0 aliphatic carbocycles. The lowest BCUT2D eigenvalue weighted by Gasteiger charge is -2.09. The molecule has 4 heteroatoms. The molecule has 110 valence electrons. The van der Waals surface area contributed by atoms with Crippen LogP contribution in [0.4, 0.5) is 0 Å². The second kappa shape index (κ2) is 8.35. The molecule has 0 atom stereocenters. The van der Waals surface area contributed by atoms with Gasteiger partial charge in [0.2, 0.25) is 0 Å². The van der Waals surface area contributed by atoms with E-state index in [0.717, 1.165) is 19.3 Å². The molecular formula is C16H23NO3. The molecule has 1 rings (SSSR count). The van der Waals surface area contributed by atoms with Gasteiger partial charge in [-0.25, -0.2) is 0 Å². The van der Waals surface area contributed by atoms with Crippen LogP contribution in [0.2, 0.25) is 0 Å². The van der Waals surface area contributed by atoms with Crippen molar-refractivity contribution in [2.75, 3.05) is 13.1 Å². The number of hydrogen-bond donors (Lipinski definition) is 1. The Morgan fingerprint density at radius 3 is 2.75 bits per heavy atom. The van der Waals surface area contributed by atoms with Crippen molar-refractivity contribution in [3.63, 3.8) is 0 Å². The first-order valence-electron chi connectivity index (χ1n) is 7.15. The zero-order chi connectivity index (χ0) is 15.0. The number of amides is 1. The van der Waals surface area contributed by atoms with Crippen LogP contribution in [0.25, 0.3) is 0 Å². The van der Waals surface area contributed by atoms with E-state index in [1.807, 2.05) is 6.08 Å². The Hall–Kier alpha value is -1.84. The van der Waals surface area contributed by atoms with Crippen molar-refractivity contribution in [2.24, 2.45) is 0 Å². The lowest BCUT2D eigenvalue weighted by atomic mass is 10.1. The Morgan fingerprint density at radius 2 is 2.10 bits per heavy atom. The fourth-order valence-electron chi connectivity index (χ4n) is 2.12. The number of likely N-dealkylation sites (tertiary alicyclic amines) is 1. The number of carbonyl (C=O) groups is 2. The quantitative estimate of drug-likeness (QED) is 0.244. The monoisotopic (exact) mass is 277 g/mol. The van der Waals surface area contributed by atoms with Crippen molar-refractivity contribution < 1.29 is 14.7 Å². The molecule has 1 aliphatic rings. The maximum absolute atomic E-state index is 11.9. The summed E-state index contributed by atoms with van der Waals surface area (Å²) in [6.07, 6.45) is 10.3. The summed E-state index contributed by atoms with van der Waals surface area (Å²) >= 11 is 0. The zero-order valence-corrected chi connectivity index (χ0v) is 12.1. The number of aliphatic hydroxyl groups excluding tert-OH is 1. The lowest BCUT2D eigenvalue weighted by molar-refractivity contribution is -0.124. The summed E-state index contributed by atoms with van der Waals surface area (Å²) in [4.78, 5) is 25.0. The number of allylic oxidation sites excluding steroid dienone is 2. The van der Waals surface area contributed by atoms with E-state index >= 15 is 0 Å². The first kappa shape index (κ1) is 16.2. The summed E-state index contributed by atoms with van der Waals surface area (Å²) in [6, 6.07) is 0. The molecule has 1 fully saturated rings. The Bertz CT molecular complexity index is 435. The van der Waals surface area contributed by atoms with E-state index in [2.05, 4.69) is 13.5 Å². The van der Waals surface area contributed by atoms with Crippen molar-refractivity contribution in [3.05, 3.63) is 36.1 Å². The summed E-state index contributed by atoms with van der Waals surface area (Å²) in [5.74, 6) is -0.963. The van der Waals surface area contributed by atoms with Crippen LogP contribution in [-0.2, 0) is 9.59 Å². The SMILES string of the molecule is C=CCN1CC(=O)C(=C(O)C=CCCCCCC)C1=O. The third-order valence-corrected chi connectivity index (χ3v) is 3.22. The summed E-state index contributed by atoms with van der Waals surface area (Å²) in [6.45, 7) is 6.04. The molecule has 20 heavy (non-hydrogen) atoms. The number of carbonyl (C=O) groups excluding carboxylic acids is 2. The van der Waals surface area contributed by atoms with Crippen molar-refractivity contribution in [1.29, 1.82) is 0 Å². The van der Waals surface area contributed by atoms with Gasteiger partial charge in [0.15, 0.2) is 5.78 Å². The van der Waals surface area contributed by atoms with E-state index < -0.39 is 5.91 Å². The summed E-state index contributed by atoms with van der Waals surface area (Å²) in [7, 11) is 0. The first-order valence-corrected chi connectivity index (χ1v) is 7.15. The molecule has 0 radical (unpaired) electrons. The zero-order valence-electron chi connectivity index (χ0n) is 12.1. The number of Topliss-reactive ketones (excluding diaryl/α,β-unsaturated/α-hetero) is 1. The highest BCUT2D eigenvalue weighted by Gasteiger charge is 2.35. The van der Waals surface area contributed by atoms with Gasteiger partial charge in [-0.1, -0.05) is 38.3 Å². The molecule has 0 spiro atoms. The molecule has 1 N–H and O–H groups in total. The second-order valence-corrected chi connectivity index (χ2v) is 4.91. The van der Waals surface area contributed by atoms with Crippen LogP contribution in [0.3, 0.4) is 0 Å². The minimum atomic E-state index is -0.414. The lowest BCUT2D eigenvalue weighted by Crippen LogP contribution is -2.25. The first-order chi connectivity index (χ1) is 9.61. The molecule has 0 saturated carbocycles. The highest BCUT2D eigenvalue weighted by atomic mass is 16.3. The van der Waals surface area contributed by atoms with Gasteiger partial charge in [0.05, 0.1) is 6.54 Å².